The number of benzene rings is 2. The van der Waals surface area contributed by atoms with Crippen LogP contribution >= 0.6 is 0 Å². The minimum atomic E-state index is -1.03. The number of likely N-dealkylation sites (tertiary alicyclic amines) is 1. The van der Waals surface area contributed by atoms with Crippen molar-refractivity contribution in [2.75, 3.05) is 13.1 Å². The van der Waals surface area contributed by atoms with Gasteiger partial charge in [-0.15, -0.1) is 0 Å². The van der Waals surface area contributed by atoms with E-state index in [1.165, 1.54) is 5.56 Å². The van der Waals surface area contributed by atoms with E-state index >= 15 is 0 Å². The highest BCUT2D eigenvalue weighted by Crippen LogP contribution is 2.42. The normalized spacial score (nSPS) is 26.8. The molecule has 1 saturated heterocycles. The third-order valence-electron chi connectivity index (χ3n) is 5.48. The van der Waals surface area contributed by atoms with E-state index in [-0.39, 0.29) is 5.75 Å². The maximum absolute atomic E-state index is 11.6. The molecule has 0 spiro atoms. The summed E-state index contributed by atoms with van der Waals surface area (Å²) in [6.45, 7) is 5.61. The lowest BCUT2D eigenvalue weighted by Crippen LogP contribution is -2.57. The highest BCUT2D eigenvalue weighted by molar-refractivity contribution is 5.33. The van der Waals surface area contributed by atoms with E-state index in [1.807, 2.05) is 24.0 Å². The van der Waals surface area contributed by atoms with Gasteiger partial charge in [0.15, 0.2) is 0 Å². The van der Waals surface area contributed by atoms with Gasteiger partial charge in [0, 0.05) is 19.5 Å². The predicted molar refractivity (Wildman–Crippen MR) is 103 cm³/mol. The first kappa shape index (κ1) is 18.9. The minimum absolute atomic E-state index is 0.187. The van der Waals surface area contributed by atoms with Crippen molar-refractivity contribution < 1.29 is 15.3 Å². The Kier molecular flexibility index (Phi) is 5.66. The molecule has 3 atom stereocenters. The molecule has 1 fully saturated rings. The Balaban J connectivity index is 1.94. The molecule has 3 unspecified atom stereocenters. The molecule has 1 heterocycles. The first-order valence-corrected chi connectivity index (χ1v) is 9.42. The third-order valence-corrected chi connectivity index (χ3v) is 5.48. The summed E-state index contributed by atoms with van der Waals surface area (Å²) in [5, 5.41) is 32.2. The Morgan fingerprint density at radius 2 is 1.73 bits per heavy atom. The summed E-state index contributed by atoms with van der Waals surface area (Å²) in [5.74, 6) is -0.240. The fourth-order valence-electron chi connectivity index (χ4n) is 4.07. The average molecular weight is 355 g/mol. The second-order valence-corrected chi connectivity index (χ2v) is 7.53. The molecule has 0 aliphatic carbocycles. The number of aliphatic hydroxyl groups excluding tert-OH is 1. The van der Waals surface area contributed by atoms with Crippen LogP contribution in [0.3, 0.4) is 0 Å². The number of phenols is 1. The van der Waals surface area contributed by atoms with Crippen LogP contribution < -0.4 is 0 Å². The van der Waals surface area contributed by atoms with Gasteiger partial charge in [0.2, 0.25) is 0 Å². The largest absolute Gasteiger partial charge is 0.508 e. The van der Waals surface area contributed by atoms with Crippen LogP contribution in [0.5, 0.6) is 5.75 Å². The molecule has 1 aliphatic rings. The van der Waals surface area contributed by atoms with Gasteiger partial charge in [-0.05, 0) is 43.0 Å². The lowest BCUT2D eigenvalue weighted by atomic mass is 9.72. The van der Waals surface area contributed by atoms with Crippen LogP contribution in [0.4, 0.5) is 0 Å². The molecular weight excluding hydrogens is 326 g/mol. The quantitative estimate of drug-likeness (QED) is 0.771. The molecule has 1 aliphatic heterocycles. The summed E-state index contributed by atoms with van der Waals surface area (Å²) in [6.07, 6.45) is 1.30. The zero-order chi connectivity index (χ0) is 18.7. The summed E-state index contributed by atoms with van der Waals surface area (Å²) in [4.78, 5) is 2.04. The lowest BCUT2D eigenvalue weighted by Gasteiger charge is -2.48. The summed E-state index contributed by atoms with van der Waals surface area (Å²) >= 11 is 0. The van der Waals surface area contributed by atoms with Crippen LogP contribution in [-0.4, -0.2) is 45.1 Å². The second kappa shape index (κ2) is 7.78. The number of phenolic OH excluding ortho intramolecular Hbond substituents is 1. The van der Waals surface area contributed by atoms with Crippen molar-refractivity contribution in [3.63, 3.8) is 0 Å². The lowest BCUT2D eigenvalue weighted by molar-refractivity contribution is -0.136. The van der Waals surface area contributed by atoms with Gasteiger partial charge in [-0.1, -0.05) is 48.9 Å². The van der Waals surface area contributed by atoms with Crippen LogP contribution in [0, 0.1) is 6.92 Å². The zero-order valence-corrected chi connectivity index (χ0v) is 15.6. The topological polar surface area (TPSA) is 63.9 Å². The fourth-order valence-corrected chi connectivity index (χ4v) is 4.07. The number of aliphatic hydroxyl groups is 2. The Hall–Kier alpha value is -1.88. The van der Waals surface area contributed by atoms with Crippen molar-refractivity contribution in [3.8, 4) is 5.75 Å². The van der Waals surface area contributed by atoms with Crippen LogP contribution in [0.15, 0.2) is 48.5 Å². The minimum Gasteiger partial charge on any atom is -0.508 e. The molecule has 3 N–H and O–H groups in total. The van der Waals surface area contributed by atoms with Gasteiger partial charge < -0.3 is 15.3 Å². The maximum Gasteiger partial charge on any atom is 0.117 e. The SMILES string of the molecule is CCCN1CCC(O)(Cc2ccc(C)cc2)C(c2ccc(O)cc2)C1O. The maximum atomic E-state index is 11.6. The van der Waals surface area contributed by atoms with Crippen molar-refractivity contribution >= 4 is 0 Å². The van der Waals surface area contributed by atoms with Gasteiger partial charge >= 0.3 is 0 Å². The average Bonchev–Trinajstić information content (AvgIpc) is 2.61. The van der Waals surface area contributed by atoms with E-state index < -0.39 is 17.7 Å². The van der Waals surface area contributed by atoms with Crippen molar-refractivity contribution in [3.05, 3.63) is 65.2 Å². The van der Waals surface area contributed by atoms with Crippen LogP contribution in [0.1, 0.15) is 42.4 Å². The highest BCUT2D eigenvalue weighted by atomic mass is 16.3. The molecule has 4 heteroatoms. The van der Waals surface area contributed by atoms with Gasteiger partial charge in [0.1, 0.15) is 12.0 Å². The monoisotopic (exact) mass is 355 g/mol. The van der Waals surface area contributed by atoms with E-state index in [9.17, 15) is 15.3 Å². The molecule has 2 aromatic rings. The van der Waals surface area contributed by atoms with Gasteiger partial charge in [0.05, 0.1) is 11.5 Å². The Morgan fingerprint density at radius 3 is 2.35 bits per heavy atom. The Bertz CT molecular complexity index is 713. The molecule has 4 nitrogen and oxygen atoms in total. The molecule has 0 aromatic heterocycles. The van der Waals surface area contributed by atoms with Crippen LogP contribution in [0.25, 0.3) is 0 Å². The number of nitrogens with zero attached hydrogens (tertiary/aromatic N) is 1. The third kappa shape index (κ3) is 3.93. The van der Waals surface area contributed by atoms with E-state index in [1.54, 1.807) is 24.3 Å². The van der Waals surface area contributed by atoms with E-state index in [0.717, 1.165) is 24.1 Å². The van der Waals surface area contributed by atoms with E-state index in [2.05, 4.69) is 19.1 Å². The summed E-state index contributed by atoms with van der Waals surface area (Å²) in [7, 11) is 0. The fraction of sp³-hybridized carbons (Fsp3) is 0.455. The number of aromatic hydroxyl groups is 1. The van der Waals surface area contributed by atoms with Gasteiger partial charge in [-0.3, -0.25) is 4.90 Å². The molecule has 26 heavy (non-hydrogen) atoms. The molecule has 0 amide bonds. The van der Waals surface area contributed by atoms with Crippen LogP contribution in [0.2, 0.25) is 0 Å². The van der Waals surface area contributed by atoms with E-state index in [4.69, 9.17) is 0 Å². The molecular formula is C22H29NO3. The first-order chi connectivity index (χ1) is 12.4. The molecule has 2 aromatic carbocycles. The molecule has 0 radical (unpaired) electrons. The summed E-state index contributed by atoms with van der Waals surface area (Å²) < 4.78 is 0. The molecule has 0 saturated carbocycles. The number of piperidine rings is 1. The van der Waals surface area contributed by atoms with Gasteiger partial charge in [0.25, 0.3) is 0 Å². The van der Waals surface area contributed by atoms with Gasteiger partial charge in [-0.25, -0.2) is 0 Å². The van der Waals surface area contributed by atoms with Crippen LogP contribution in [-0.2, 0) is 6.42 Å². The number of aryl methyl sites for hydroxylation is 1. The molecule has 0 bridgehead atoms. The van der Waals surface area contributed by atoms with E-state index in [0.29, 0.717) is 19.4 Å². The van der Waals surface area contributed by atoms with Crippen molar-refractivity contribution in [2.45, 2.75) is 50.9 Å². The first-order valence-electron chi connectivity index (χ1n) is 9.42. The van der Waals surface area contributed by atoms with Crippen molar-refractivity contribution in [2.24, 2.45) is 0 Å². The number of hydrogen-bond donors (Lipinski definition) is 3. The molecule has 3 rings (SSSR count). The number of hydrogen-bond acceptors (Lipinski definition) is 4. The zero-order valence-electron chi connectivity index (χ0n) is 15.6. The predicted octanol–water partition coefficient (Wildman–Crippen LogP) is 3.19. The standard InChI is InChI=1S/C22H29NO3/c1-3-13-23-14-12-22(26,15-17-6-4-16(2)5-7-17)20(21(23)25)18-8-10-19(24)11-9-18/h4-11,20-21,24-26H,3,12-15H2,1-2H3. The van der Waals surface area contributed by atoms with Gasteiger partial charge in [-0.2, -0.15) is 0 Å². The Labute approximate surface area is 155 Å². The highest BCUT2D eigenvalue weighted by Gasteiger charge is 2.47. The number of rotatable bonds is 5. The Morgan fingerprint density at radius 1 is 1.08 bits per heavy atom. The smallest absolute Gasteiger partial charge is 0.117 e. The summed E-state index contributed by atoms with van der Waals surface area (Å²) in [6, 6.07) is 15.0. The second-order valence-electron chi connectivity index (χ2n) is 7.53. The van der Waals surface area contributed by atoms with Crippen molar-refractivity contribution in [1.82, 2.24) is 4.90 Å². The van der Waals surface area contributed by atoms with Crippen molar-refractivity contribution in [1.29, 1.82) is 0 Å². The summed E-state index contributed by atoms with van der Waals surface area (Å²) in [5.41, 5.74) is 2.08. The molecule has 140 valence electrons.